The molecule has 0 aliphatic rings. The lowest BCUT2D eigenvalue weighted by molar-refractivity contribution is 0.112. The van der Waals surface area contributed by atoms with Crippen molar-refractivity contribution in [2.45, 2.75) is 0 Å². The second-order valence-electron chi connectivity index (χ2n) is 2.77. The van der Waals surface area contributed by atoms with Gasteiger partial charge in [0.15, 0.2) is 6.29 Å². The van der Waals surface area contributed by atoms with E-state index in [0.717, 1.165) is 22.8 Å². The molecule has 0 radical (unpaired) electrons. The van der Waals surface area contributed by atoms with E-state index >= 15 is 0 Å². The van der Waals surface area contributed by atoms with Gasteiger partial charge in [-0.05, 0) is 18.2 Å². The number of benzene rings is 1. The van der Waals surface area contributed by atoms with Crippen LogP contribution in [-0.2, 0) is 0 Å². The molecule has 66 valence electrons. The van der Waals surface area contributed by atoms with Gasteiger partial charge < -0.3 is 9.72 Å². The predicted molar refractivity (Wildman–Crippen MR) is 50.2 cm³/mol. The largest absolute Gasteiger partial charge is 0.497 e. The number of H-pyrrole nitrogens is 1. The van der Waals surface area contributed by atoms with Gasteiger partial charge in [-0.25, -0.2) is 0 Å². The highest BCUT2D eigenvalue weighted by atomic mass is 16.5. The summed E-state index contributed by atoms with van der Waals surface area (Å²) in [6, 6.07) is 5.59. The van der Waals surface area contributed by atoms with E-state index in [9.17, 15) is 4.79 Å². The van der Waals surface area contributed by atoms with Crippen LogP contribution in [0.15, 0.2) is 24.4 Å². The molecule has 0 atom stereocenters. The molecule has 1 aromatic heterocycles. The zero-order chi connectivity index (χ0) is 9.26. The minimum absolute atomic E-state index is 0.609. The van der Waals surface area contributed by atoms with Gasteiger partial charge in [0.1, 0.15) is 5.75 Å². The van der Waals surface area contributed by atoms with Crippen molar-refractivity contribution in [1.82, 2.24) is 4.98 Å². The molecule has 0 aliphatic carbocycles. The van der Waals surface area contributed by atoms with Crippen LogP contribution >= 0.6 is 0 Å². The van der Waals surface area contributed by atoms with Gasteiger partial charge in [-0.15, -0.1) is 0 Å². The van der Waals surface area contributed by atoms with E-state index in [1.54, 1.807) is 13.3 Å². The van der Waals surface area contributed by atoms with Gasteiger partial charge in [-0.2, -0.15) is 0 Å². The lowest BCUT2D eigenvalue weighted by atomic mass is 10.2. The number of carbonyl (C=O) groups excluding carboxylic acids is 1. The van der Waals surface area contributed by atoms with E-state index < -0.39 is 0 Å². The number of carbonyl (C=O) groups is 1. The van der Waals surface area contributed by atoms with Crippen LogP contribution in [0, 0.1) is 0 Å². The zero-order valence-corrected chi connectivity index (χ0v) is 7.20. The first kappa shape index (κ1) is 7.86. The molecule has 0 unspecified atom stereocenters. The maximum Gasteiger partial charge on any atom is 0.166 e. The van der Waals surface area contributed by atoms with Gasteiger partial charge in [0.05, 0.1) is 12.8 Å². The van der Waals surface area contributed by atoms with Crippen molar-refractivity contribution in [1.29, 1.82) is 0 Å². The van der Waals surface area contributed by atoms with Gasteiger partial charge in [0, 0.05) is 17.0 Å². The van der Waals surface area contributed by atoms with E-state index in [4.69, 9.17) is 4.74 Å². The third-order valence-corrected chi connectivity index (χ3v) is 2.05. The summed E-state index contributed by atoms with van der Waals surface area (Å²) in [5.41, 5.74) is 0.609. The van der Waals surface area contributed by atoms with E-state index in [1.165, 1.54) is 0 Å². The molecule has 1 aromatic carbocycles. The normalized spacial score (nSPS) is 10.2. The fraction of sp³-hybridized carbons (Fsp3) is 0.100. The molecular weight excluding hydrogens is 166 g/mol. The highest BCUT2D eigenvalue weighted by Gasteiger charge is 2.02. The zero-order valence-electron chi connectivity index (χ0n) is 7.20. The van der Waals surface area contributed by atoms with Gasteiger partial charge in [-0.3, -0.25) is 4.79 Å². The molecule has 13 heavy (non-hydrogen) atoms. The van der Waals surface area contributed by atoms with E-state index in [2.05, 4.69) is 4.98 Å². The van der Waals surface area contributed by atoms with Gasteiger partial charge in [-0.1, -0.05) is 0 Å². The minimum Gasteiger partial charge on any atom is -0.497 e. The van der Waals surface area contributed by atoms with Crippen LogP contribution < -0.4 is 4.74 Å². The summed E-state index contributed by atoms with van der Waals surface area (Å²) >= 11 is 0. The Labute approximate surface area is 75.3 Å². The number of aromatic nitrogens is 1. The Hall–Kier alpha value is -1.77. The maximum atomic E-state index is 10.6. The third kappa shape index (κ3) is 1.18. The van der Waals surface area contributed by atoms with Gasteiger partial charge in [0.25, 0.3) is 0 Å². The lowest BCUT2D eigenvalue weighted by Gasteiger charge is -1.98. The lowest BCUT2D eigenvalue weighted by Crippen LogP contribution is -1.81. The van der Waals surface area contributed by atoms with Crippen molar-refractivity contribution in [2.24, 2.45) is 0 Å². The fourth-order valence-electron chi connectivity index (χ4n) is 1.36. The van der Waals surface area contributed by atoms with Crippen LogP contribution in [-0.4, -0.2) is 18.4 Å². The highest BCUT2D eigenvalue weighted by molar-refractivity contribution is 5.97. The van der Waals surface area contributed by atoms with Crippen LogP contribution in [0.4, 0.5) is 0 Å². The fourth-order valence-corrected chi connectivity index (χ4v) is 1.36. The summed E-state index contributed by atoms with van der Waals surface area (Å²) in [5.74, 6) is 0.795. The number of aromatic amines is 1. The third-order valence-electron chi connectivity index (χ3n) is 2.05. The van der Waals surface area contributed by atoms with Crippen molar-refractivity contribution >= 4 is 17.1 Å². The second kappa shape index (κ2) is 2.94. The van der Waals surface area contributed by atoms with Crippen LogP contribution in [0.3, 0.4) is 0 Å². The Morgan fingerprint density at radius 2 is 2.31 bits per heavy atom. The van der Waals surface area contributed by atoms with Crippen LogP contribution in [0.5, 0.6) is 5.75 Å². The summed E-state index contributed by atoms with van der Waals surface area (Å²) < 4.78 is 5.06. The number of methoxy groups -OCH3 is 1. The number of rotatable bonds is 2. The standard InChI is InChI=1S/C10H9NO2/c1-13-8-2-3-9-7(4-8)5-11-10(9)6-12/h2-6,11H,1H3. The first-order valence-corrected chi connectivity index (χ1v) is 3.95. The molecule has 0 fully saturated rings. The summed E-state index contributed by atoms with van der Waals surface area (Å²) in [4.78, 5) is 13.5. The maximum absolute atomic E-state index is 10.6. The summed E-state index contributed by atoms with van der Waals surface area (Å²) in [7, 11) is 1.62. The molecule has 2 aromatic rings. The van der Waals surface area contributed by atoms with Gasteiger partial charge >= 0.3 is 0 Å². The van der Waals surface area contributed by atoms with Crippen molar-refractivity contribution in [3.63, 3.8) is 0 Å². The summed E-state index contributed by atoms with van der Waals surface area (Å²) in [6.45, 7) is 0. The van der Waals surface area contributed by atoms with Crippen LogP contribution in [0.1, 0.15) is 10.5 Å². The smallest absolute Gasteiger partial charge is 0.166 e. The van der Waals surface area contributed by atoms with Crippen molar-refractivity contribution in [3.8, 4) is 5.75 Å². The molecule has 2 rings (SSSR count). The SMILES string of the molecule is COc1ccc2c(C=O)[nH]cc2c1. The van der Waals surface area contributed by atoms with E-state index in [0.29, 0.717) is 5.69 Å². The molecule has 0 aliphatic heterocycles. The van der Waals surface area contributed by atoms with Crippen molar-refractivity contribution < 1.29 is 9.53 Å². The number of hydrogen-bond acceptors (Lipinski definition) is 2. The second-order valence-corrected chi connectivity index (χ2v) is 2.77. The molecule has 3 nitrogen and oxygen atoms in total. The number of nitrogens with one attached hydrogen (secondary N) is 1. The molecule has 1 N–H and O–H groups in total. The molecule has 0 saturated heterocycles. The Balaban J connectivity index is 2.67. The minimum atomic E-state index is 0.609. The summed E-state index contributed by atoms with van der Waals surface area (Å²) in [6.07, 6.45) is 2.61. The monoisotopic (exact) mass is 175 g/mol. The number of ether oxygens (including phenoxy) is 1. The first-order chi connectivity index (χ1) is 6.35. The molecule has 3 heteroatoms. The number of fused-ring (bicyclic) bond motifs is 1. The molecule has 0 spiro atoms. The first-order valence-electron chi connectivity index (χ1n) is 3.95. The topological polar surface area (TPSA) is 42.1 Å². The Morgan fingerprint density at radius 3 is 3.00 bits per heavy atom. The van der Waals surface area contributed by atoms with E-state index in [-0.39, 0.29) is 0 Å². The molecule has 0 amide bonds. The highest BCUT2D eigenvalue weighted by Crippen LogP contribution is 2.22. The van der Waals surface area contributed by atoms with Crippen molar-refractivity contribution in [2.75, 3.05) is 7.11 Å². The number of aldehydes is 1. The average molecular weight is 175 g/mol. The predicted octanol–water partition coefficient (Wildman–Crippen LogP) is 1.99. The van der Waals surface area contributed by atoms with Gasteiger partial charge in [0.2, 0.25) is 0 Å². The summed E-state index contributed by atoms with van der Waals surface area (Å²) in [5, 5.41) is 1.91. The Bertz CT molecular complexity index is 445. The van der Waals surface area contributed by atoms with Crippen molar-refractivity contribution in [3.05, 3.63) is 30.1 Å². The average Bonchev–Trinajstić information content (AvgIpc) is 2.59. The van der Waals surface area contributed by atoms with Crippen LogP contribution in [0.2, 0.25) is 0 Å². The molecule has 0 bridgehead atoms. The Morgan fingerprint density at radius 1 is 1.46 bits per heavy atom. The number of hydrogen-bond donors (Lipinski definition) is 1. The quantitative estimate of drug-likeness (QED) is 0.709. The van der Waals surface area contributed by atoms with E-state index in [1.807, 2.05) is 18.2 Å². The molecule has 0 saturated carbocycles. The Kier molecular flexibility index (Phi) is 1.77. The molecule has 1 heterocycles. The molecular formula is C10H9NO2. The van der Waals surface area contributed by atoms with Crippen LogP contribution in [0.25, 0.3) is 10.8 Å².